The molecule has 1 aromatic rings. The van der Waals surface area contributed by atoms with Crippen molar-refractivity contribution in [3.8, 4) is 0 Å². The number of hydrogen-bond donors (Lipinski definition) is 2. The molecule has 0 aromatic carbocycles. The fourth-order valence-electron chi connectivity index (χ4n) is 2.03. The highest BCUT2D eigenvalue weighted by atomic mass is 35.5. The van der Waals surface area contributed by atoms with Crippen molar-refractivity contribution in [3.05, 3.63) is 23.0 Å². The maximum atomic E-state index is 11.8. The second-order valence-corrected chi connectivity index (χ2v) is 7.42. The van der Waals surface area contributed by atoms with Gasteiger partial charge in [0.15, 0.2) is 0 Å². The maximum Gasteiger partial charge on any atom is 0.407 e. The third kappa shape index (κ3) is 7.55. The Morgan fingerprint density at radius 1 is 1.30 bits per heavy atom. The predicted molar refractivity (Wildman–Crippen MR) is 95.0 cm³/mol. The van der Waals surface area contributed by atoms with E-state index in [0.717, 1.165) is 17.9 Å². The van der Waals surface area contributed by atoms with Crippen LogP contribution in [-0.2, 0) is 4.74 Å². The van der Waals surface area contributed by atoms with Crippen LogP contribution >= 0.6 is 11.6 Å². The van der Waals surface area contributed by atoms with Crippen LogP contribution in [0.5, 0.6) is 0 Å². The minimum Gasteiger partial charge on any atom is -0.444 e. The van der Waals surface area contributed by atoms with Gasteiger partial charge in [-0.15, -0.1) is 0 Å². The number of alkyl carbamates (subject to hydrolysis) is 1. The van der Waals surface area contributed by atoms with Gasteiger partial charge in [0.05, 0.1) is 11.4 Å². The van der Waals surface area contributed by atoms with E-state index in [1.807, 2.05) is 33.8 Å². The monoisotopic (exact) mass is 341 g/mol. The highest BCUT2D eigenvalue weighted by Crippen LogP contribution is 2.18. The van der Waals surface area contributed by atoms with E-state index < -0.39 is 5.60 Å². The number of hydrogen-bond acceptors (Lipinski definition) is 4. The molecule has 0 saturated heterocycles. The van der Waals surface area contributed by atoms with Crippen molar-refractivity contribution in [3.63, 3.8) is 0 Å². The topological polar surface area (TPSA) is 63.2 Å². The van der Waals surface area contributed by atoms with Gasteiger partial charge in [0.2, 0.25) is 0 Å². The number of anilines is 1. The molecule has 1 aromatic heterocycles. The van der Waals surface area contributed by atoms with Crippen LogP contribution in [0.4, 0.5) is 10.5 Å². The third-order valence-electron chi connectivity index (χ3n) is 3.46. The van der Waals surface area contributed by atoms with Crippen molar-refractivity contribution < 1.29 is 9.53 Å². The zero-order valence-corrected chi connectivity index (χ0v) is 15.6. The molecule has 1 unspecified atom stereocenters. The standard InChI is InChI=1S/C17H28ClN3O2/c1-11(2)13(10-20-16(22)23-17(4,5)6)9-19-14-7-8-15(18)21-12(14)3/h7-8,11,13,19H,9-10H2,1-6H3,(H,20,22). The van der Waals surface area contributed by atoms with Crippen LogP contribution in [0.3, 0.4) is 0 Å². The molecule has 130 valence electrons. The van der Waals surface area contributed by atoms with E-state index >= 15 is 0 Å². The normalized spacial score (nSPS) is 12.9. The van der Waals surface area contributed by atoms with Gasteiger partial charge in [0.25, 0.3) is 0 Å². The van der Waals surface area contributed by atoms with Gasteiger partial charge in [-0.25, -0.2) is 9.78 Å². The molecule has 2 N–H and O–H groups in total. The minimum absolute atomic E-state index is 0.276. The number of rotatable bonds is 6. The summed E-state index contributed by atoms with van der Waals surface area (Å²) in [6, 6.07) is 3.68. The molecule has 1 heterocycles. The number of halogens is 1. The number of ether oxygens (including phenoxy) is 1. The summed E-state index contributed by atoms with van der Waals surface area (Å²) in [6.45, 7) is 13.0. The Hall–Kier alpha value is -1.49. The molecule has 0 aliphatic carbocycles. The van der Waals surface area contributed by atoms with Crippen molar-refractivity contribution in [2.45, 2.75) is 47.1 Å². The third-order valence-corrected chi connectivity index (χ3v) is 3.67. The van der Waals surface area contributed by atoms with E-state index in [2.05, 4.69) is 29.5 Å². The number of nitrogens with one attached hydrogen (secondary N) is 2. The second-order valence-electron chi connectivity index (χ2n) is 7.03. The van der Waals surface area contributed by atoms with Crippen molar-refractivity contribution in [1.82, 2.24) is 10.3 Å². The van der Waals surface area contributed by atoms with Gasteiger partial charge in [-0.1, -0.05) is 25.4 Å². The van der Waals surface area contributed by atoms with Gasteiger partial charge in [-0.3, -0.25) is 0 Å². The second kappa shape index (κ2) is 8.39. The lowest BCUT2D eigenvalue weighted by molar-refractivity contribution is 0.0516. The molecule has 0 aliphatic heterocycles. The Morgan fingerprint density at radius 2 is 1.96 bits per heavy atom. The first-order chi connectivity index (χ1) is 10.6. The fraction of sp³-hybridized carbons (Fsp3) is 0.647. The molecule has 5 nitrogen and oxygen atoms in total. The average molecular weight is 342 g/mol. The largest absolute Gasteiger partial charge is 0.444 e. The fourth-order valence-corrected chi connectivity index (χ4v) is 2.22. The number of pyridine rings is 1. The minimum atomic E-state index is -0.484. The smallest absolute Gasteiger partial charge is 0.407 e. The number of nitrogens with zero attached hydrogens (tertiary/aromatic N) is 1. The maximum absolute atomic E-state index is 11.8. The Bertz CT molecular complexity index is 527. The molecule has 0 bridgehead atoms. The lowest BCUT2D eigenvalue weighted by atomic mass is 9.95. The molecular formula is C17H28ClN3O2. The quantitative estimate of drug-likeness (QED) is 0.759. The van der Waals surface area contributed by atoms with Gasteiger partial charge in [0.1, 0.15) is 10.8 Å². The number of aryl methyl sites for hydroxylation is 1. The highest BCUT2D eigenvalue weighted by Gasteiger charge is 2.19. The molecule has 1 amide bonds. The molecule has 0 fully saturated rings. The SMILES string of the molecule is Cc1nc(Cl)ccc1NCC(CNC(=O)OC(C)(C)C)C(C)C. The Balaban J connectivity index is 2.54. The average Bonchev–Trinajstić information content (AvgIpc) is 2.38. The van der Waals surface area contributed by atoms with Gasteiger partial charge in [-0.2, -0.15) is 0 Å². The van der Waals surface area contributed by atoms with E-state index in [9.17, 15) is 4.79 Å². The molecule has 0 spiro atoms. The summed E-state index contributed by atoms with van der Waals surface area (Å²) >= 11 is 5.87. The zero-order valence-electron chi connectivity index (χ0n) is 14.9. The Morgan fingerprint density at radius 3 is 2.48 bits per heavy atom. The molecule has 0 saturated carbocycles. The van der Waals surface area contributed by atoms with Crippen LogP contribution in [0.25, 0.3) is 0 Å². The molecule has 1 rings (SSSR count). The van der Waals surface area contributed by atoms with Gasteiger partial charge >= 0.3 is 6.09 Å². The van der Waals surface area contributed by atoms with Gasteiger partial charge in [-0.05, 0) is 51.7 Å². The van der Waals surface area contributed by atoms with Crippen LogP contribution in [-0.4, -0.2) is 29.8 Å². The van der Waals surface area contributed by atoms with Crippen molar-refractivity contribution in [1.29, 1.82) is 0 Å². The van der Waals surface area contributed by atoms with Gasteiger partial charge < -0.3 is 15.4 Å². The van der Waals surface area contributed by atoms with Crippen LogP contribution in [0.15, 0.2) is 12.1 Å². The lowest BCUT2D eigenvalue weighted by Crippen LogP contribution is -2.38. The van der Waals surface area contributed by atoms with Crippen LogP contribution < -0.4 is 10.6 Å². The van der Waals surface area contributed by atoms with Crippen LogP contribution in [0.1, 0.15) is 40.3 Å². The molecule has 0 aliphatic rings. The number of aromatic nitrogens is 1. The highest BCUT2D eigenvalue weighted by molar-refractivity contribution is 6.29. The van der Waals surface area contributed by atoms with Crippen LogP contribution in [0, 0.1) is 18.8 Å². The first-order valence-electron chi connectivity index (χ1n) is 7.92. The van der Waals surface area contributed by atoms with Crippen molar-refractivity contribution in [2.75, 3.05) is 18.4 Å². The summed E-state index contributed by atoms with van der Waals surface area (Å²) in [6.07, 6.45) is -0.382. The summed E-state index contributed by atoms with van der Waals surface area (Å²) in [5.41, 5.74) is 1.33. The summed E-state index contributed by atoms with van der Waals surface area (Å²) in [5, 5.41) is 6.71. The van der Waals surface area contributed by atoms with E-state index in [4.69, 9.17) is 16.3 Å². The lowest BCUT2D eigenvalue weighted by Gasteiger charge is -2.24. The molecular weight excluding hydrogens is 314 g/mol. The number of carbonyl (C=O) groups excluding carboxylic acids is 1. The molecule has 23 heavy (non-hydrogen) atoms. The Labute approximate surface area is 144 Å². The first kappa shape index (κ1) is 19.6. The predicted octanol–water partition coefficient (Wildman–Crippen LogP) is 4.25. The summed E-state index contributed by atoms with van der Waals surface area (Å²) < 4.78 is 5.27. The number of carbonyl (C=O) groups is 1. The molecule has 6 heteroatoms. The zero-order chi connectivity index (χ0) is 17.6. The Kier molecular flexibility index (Phi) is 7.13. The number of amides is 1. The van der Waals surface area contributed by atoms with Crippen LogP contribution in [0.2, 0.25) is 5.15 Å². The van der Waals surface area contributed by atoms with E-state index in [0.29, 0.717) is 17.6 Å². The summed E-state index contributed by atoms with van der Waals surface area (Å²) in [5.74, 6) is 0.690. The van der Waals surface area contributed by atoms with E-state index in [-0.39, 0.29) is 12.0 Å². The summed E-state index contributed by atoms with van der Waals surface area (Å²) in [4.78, 5) is 16.0. The van der Waals surface area contributed by atoms with Crippen molar-refractivity contribution >= 4 is 23.4 Å². The van der Waals surface area contributed by atoms with Gasteiger partial charge in [0, 0.05) is 13.1 Å². The van der Waals surface area contributed by atoms with Crippen molar-refractivity contribution in [2.24, 2.45) is 11.8 Å². The van der Waals surface area contributed by atoms with E-state index in [1.165, 1.54) is 0 Å². The first-order valence-corrected chi connectivity index (χ1v) is 8.30. The summed E-state index contributed by atoms with van der Waals surface area (Å²) in [7, 11) is 0. The molecule has 1 atom stereocenters. The van der Waals surface area contributed by atoms with E-state index in [1.54, 1.807) is 6.07 Å². The molecule has 0 radical (unpaired) electrons.